The number of ketones is 1. The van der Waals surface area contributed by atoms with E-state index in [2.05, 4.69) is 6.08 Å². The van der Waals surface area contributed by atoms with E-state index in [0.29, 0.717) is 5.92 Å². The van der Waals surface area contributed by atoms with Gasteiger partial charge in [-0.2, -0.15) is 0 Å². The molecule has 2 rings (SSSR count). The van der Waals surface area contributed by atoms with Gasteiger partial charge in [-0.25, -0.2) is 0 Å². The third-order valence-electron chi connectivity index (χ3n) is 3.79. The average molecular weight is 258 g/mol. The molecule has 1 saturated carbocycles. The summed E-state index contributed by atoms with van der Waals surface area (Å²) in [5.74, 6) is 1.46. The van der Waals surface area contributed by atoms with Gasteiger partial charge in [-0.3, -0.25) is 4.79 Å². The number of carbonyl (C=O) groups is 1. The molecule has 0 bridgehead atoms. The molecule has 0 atom stereocenters. The van der Waals surface area contributed by atoms with Crippen molar-refractivity contribution in [2.24, 2.45) is 5.92 Å². The Bertz CT molecular complexity index is 423. The number of hydrogen-bond acceptors (Lipinski definition) is 2. The molecule has 0 saturated heterocycles. The van der Waals surface area contributed by atoms with Crippen LogP contribution < -0.4 is 4.74 Å². The number of methoxy groups -OCH3 is 1. The van der Waals surface area contributed by atoms with E-state index in [9.17, 15) is 4.79 Å². The molecule has 1 fully saturated rings. The van der Waals surface area contributed by atoms with Crippen LogP contribution in [0.3, 0.4) is 0 Å². The van der Waals surface area contributed by atoms with E-state index in [1.54, 1.807) is 13.2 Å². The van der Waals surface area contributed by atoms with Crippen LogP contribution in [0.1, 0.15) is 48.9 Å². The van der Waals surface area contributed by atoms with Crippen LogP contribution in [0.5, 0.6) is 5.75 Å². The fourth-order valence-electron chi connectivity index (χ4n) is 2.58. The lowest BCUT2D eigenvalue weighted by atomic mass is 9.98. The second-order valence-electron chi connectivity index (χ2n) is 5.20. The number of carbonyl (C=O) groups excluding carboxylic acids is 1. The van der Waals surface area contributed by atoms with Crippen LogP contribution in [0.15, 0.2) is 36.4 Å². The van der Waals surface area contributed by atoms with Crippen LogP contribution in [-0.4, -0.2) is 12.9 Å². The molecule has 2 nitrogen and oxygen atoms in total. The Hall–Kier alpha value is -1.57. The maximum Gasteiger partial charge on any atom is 0.185 e. The van der Waals surface area contributed by atoms with Crippen molar-refractivity contribution in [3.63, 3.8) is 0 Å². The molecule has 1 aromatic carbocycles. The lowest BCUT2D eigenvalue weighted by Crippen LogP contribution is -1.98. The normalized spacial score (nSPS) is 17.3. The number of hydrogen-bond donors (Lipinski definition) is 0. The summed E-state index contributed by atoms with van der Waals surface area (Å²) in [6.07, 6.45) is 11.6. The molecule has 1 aliphatic carbocycles. The van der Waals surface area contributed by atoms with Gasteiger partial charge in [0.15, 0.2) is 5.78 Å². The minimum absolute atomic E-state index is 0.0897. The Kier molecular flexibility index (Phi) is 5.20. The first-order valence-corrected chi connectivity index (χ1v) is 7.16. The van der Waals surface area contributed by atoms with Gasteiger partial charge in [0, 0.05) is 5.56 Å². The first-order valence-electron chi connectivity index (χ1n) is 7.16. The minimum Gasteiger partial charge on any atom is -0.497 e. The Morgan fingerprint density at radius 1 is 1.11 bits per heavy atom. The standard InChI is InChI=1S/C17H22O2/c1-19-16-11-9-15(10-12-16)17(18)13-8-14-6-4-2-3-5-7-14/h8-14H,2-7H2,1H3/b13-8+. The molecule has 0 aliphatic heterocycles. The molecule has 0 N–H and O–H groups in total. The summed E-state index contributed by atoms with van der Waals surface area (Å²) in [6.45, 7) is 0. The Balaban J connectivity index is 1.94. The molecule has 0 aromatic heterocycles. The monoisotopic (exact) mass is 258 g/mol. The zero-order chi connectivity index (χ0) is 13.5. The van der Waals surface area contributed by atoms with Gasteiger partial charge >= 0.3 is 0 Å². The van der Waals surface area contributed by atoms with Crippen LogP contribution in [0.2, 0.25) is 0 Å². The van der Waals surface area contributed by atoms with Crippen molar-refractivity contribution in [1.82, 2.24) is 0 Å². The third-order valence-corrected chi connectivity index (χ3v) is 3.79. The van der Waals surface area contributed by atoms with Gasteiger partial charge in [0.05, 0.1) is 7.11 Å². The van der Waals surface area contributed by atoms with Gasteiger partial charge in [-0.1, -0.05) is 31.8 Å². The molecule has 19 heavy (non-hydrogen) atoms. The molecule has 1 aromatic rings. The van der Waals surface area contributed by atoms with Crippen molar-refractivity contribution in [2.75, 3.05) is 7.11 Å². The van der Waals surface area contributed by atoms with E-state index in [4.69, 9.17) is 4.74 Å². The predicted molar refractivity (Wildman–Crippen MR) is 77.7 cm³/mol. The summed E-state index contributed by atoms with van der Waals surface area (Å²) in [4.78, 5) is 12.0. The van der Waals surface area contributed by atoms with Gasteiger partial charge in [0.25, 0.3) is 0 Å². The lowest BCUT2D eigenvalue weighted by Gasteiger charge is -2.07. The van der Waals surface area contributed by atoms with E-state index in [0.717, 1.165) is 11.3 Å². The van der Waals surface area contributed by atoms with Crippen LogP contribution in [0.4, 0.5) is 0 Å². The van der Waals surface area contributed by atoms with Gasteiger partial charge < -0.3 is 4.74 Å². The van der Waals surface area contributed by atoms with E-state index in [-0.39, 0.29) is 5.78 Å². The van der Waals surface area contributed by atoms with E-state index in [1.165, 1.54) is 38.5 Å². The molecular formula is C17H22O2. The third kappa shape index (κ3) is 4.23. The Labute approximate surface area is 115 Å². The number of allylic oxidation sites excluding steroid dienone is 2. The van der Waals surface area contributed by atoms with Crippen LogP contribution >= 0.6 is 0 Å². The Morgan fingerprint density at radius 3 is 2.32 bits per heavy atom. The van der Waals surface area contributed by atoms with Gasteiger partial charge in [0.1, 0.15) is 5.75 Å². The zero-order valence-electron chi connectivity index (χ0n) is 11.6. The predicted octanol–water partition coefficient (Wildman–Crippen LogP) is 4.40. The van der Waals surface area contributed by atoms with Crippen molar-refractivity contribution in [1.29, 1.82) is 0 Å². The molecule has 0 radical (unpaired) electrons. The van der Waals surface area contributed by atoms with Gasteiger partial charge in [-0.15, -0.1) is 0 Å². The minimum atomic E-state index is 0.0897. The highest BCUT2D eigenvalue weighted by Crippen LogP contribution is 2.24. The SMILES string of the molecule is COc1ccc(C(=O)/C=C/C2CCCCCC2)cc1. The molecule has 0 unspecified atom stereocenters. The summed E-state index contributed by atoms with van der Waals surface area (Å²) in [7, 11) is 1.63. The number of rotatable bonds is 4. The molecule has 1 aliphatic rings. The highest BCUT2D eigenvalue weighted by atomic mass is 16.5. The number of ether oxygens (including phenoxy) is 1. The molecule has 2 heteroatoms. The van der Waals surface area contributed by atoms with Gasteiger partial charge in [0.2, 0.25) is 0 Å². The summed E-state index contributed by atoms with van der Waals surface area (Å²) >= 11 is 0. The lowest BCUT2D eigenvalue weighted by molar-refractivity contribution is 0.104. The van der Waals surface area contributed by atoms with Crippen molar-refractivity contribution in [2.45, 2.75) is 38.5 Å². The van der Waals surface area contributed by atoms with Crippen LogP contribution in [-0.2, 0) is 0 Å². The maximum absolute atomic E-state index is 12.0. The van der Waals surface area contributed by atoms with E-state index < -0.39 is 0 Å². The largest absolute Gasteiger partial charge is 0.497 e. The smallest absolute Gasteiger partial charge is 0.185 e. The average Bonchev–Trinajstić information content (AvgIpc) is 2.73. The zero-order valence-corrected chi connectivity index (χ0v) is 11.6. The van der Waals surface area contributed by atoms with Crippen molar-refractivity contribution in [3.05, 3.63) is 42.0 Å². The molecule has 0 spiro atoms. The molecule has 0 heterocycles. The summed E-state index contributed by atoms with van der Waals surface area (Å²) in [6, 6.07) is 7.29. The first-order chi connectivity index (χ1) is 9.29. The first kappa shape index (κ1) is 13.9. The van der Waals surface area contributed by atoms with Crippen molar-refractivity contribution in [3.8, 4) is 5.75 Å². The quantitative estimate of drug-likeness (QED) is 0.454. The van der Waals surface area contributed by atoms with Gasteiger partial charge in [-0.05, 0) is 49.1 Å². The summed E-state index contributed by atoms with van der Waals surface area (Å²) in [5, 5.41) is 0. The van der Waals surface area contributed by atoms with Crippen LogP contribution in [0.25, 0.3) is 0 Å². The van der Waals surface area contributed by atoms with E-state index in [1.807, 2.05) is 24.3 Å². The van der Waals surface area contributed by atoms with E-state index >= 15 is 0 Å². The topological polar surface area (TPSA) is 26.3 Å². The summed E-state index contributed by atoms with van der Waals surface area (Å²) in [5.41, 5.74) is 0.727. The second kappa shape index (κ2) is 7.13. The highest BCUT2D eigenvalue weighted by Gasteiger charge is 2.10. The second-order valence-corrected chi connectivity index (χ2v) is 5.20. The highest BCUT2D eigenvalue weighted by molar-refractivity contribution is 6.04. The van der Waals surface area contributed by atoms with Crippen molar-refractivity contribution >= 4 is 5.78 Å². The number of benzene rings is 1. The fourth-order valence-corrected chi connectivity index (χ4v) is 2.58. The summed E-state index contributed by atoms with van der Waals surface area (Å²) < 4.78 is 5.09. The van der Waals surface area contributed by atoms with Crippen LogP contribution in [0, 0.1) is 5.92 Å². The molecule has 102 valence electrons. The van der Waals surface area contributed by atoms with Crippen molar-refractivity contribution < 1.29 is 9.53 Å². The fraction of sp³-hybridized carbons (Fsp3) is 0.471. The molecular weight excluding hydrogens is 236 g/mol. The Morgan fingerprint density at radius 2 is 1.74 bits per heavy atom. The maximum atomic E-state index is 12.0. The molecule has 0 amide bonds.